The Kier molecular flexibility index (Phi) is 14.8. The summed E-state index contributed by atoms with van der Waals surface area (Å²) in [5.41, 5.74) is 1.52. The first kappa shape index (κ1) is 29.4. The van der Waals surface area contributed by atoms with Crippen molar-refractivity contribution >= 4 is 17.0 Å². The number of halogens is 2. The first-order valence-corrected chi connectivity index (χ1v) is 17.4. The van der Waals surface area contributed by atoms with Crippen molar-refractivity contribution in [1.29, 1.82) is 0 Å². The van der Waals surface area contributed by atoms with Crippen LogP contribution >= 0.6 is 17.0 Å². The average molecular weight is 549 g/mol. The molecule has 2 fully saturated rings. The van der Waals surface area contributed by atoms with Gasteiger partial charge >= 0.3 is 37.9 Å². The molecule has 3 heteroatoms. The van der Waals surface area contributed by atoms with Crippen LogP contribution < -0.4 is 0 Å². The summed E-state index contributed by atoms with van der Waals surface area (Å²) in [6, 6.07) is 11.0. The van der Waals surface area contributed by atoms with Gasteiger partial charge < -0.3 is 14.9 Å². The molecule has 5 unspecified atom stereocenters. The fourth-order valence-electron chi connectivity index (χ4n) is 5.51. The van der Waals surface area contributed by atoms with Crippen LogP contribution in [-0.2, 0) is 20.8 Å². The molecule has 5 atom stereocenters. The fraction of sp³-hybridized carbons (Fsp3) is 0.379. The molecule has 0 aromatic heterocycles. The quantitative estimate of drug-likeness (QED) is 0.261. The monoisotopic (exact) mass is 546 g/mol. The molecule has 0 saturated heterocycles. The van der Waals surface area contributed by atoms with Gasteiger partial charge in [0.05, 0.1) is 0 Å². The zero-order valence-electron chi connectivity index (χ0n) is 19.5. The van der Waals surface area contributed by atoms with Gasteiger partial charge in [-0.3, -0.25) is 0 Å². The summed E-state index contributed by atoms with van der Waals surface area (Å²) in [6.45, 7) is 3.82. The van der Waals surface area contributed by atoms with Gasteiger partial charge in [0.1, 0.15) is 0 Å². The van der Waals surface area contributed by atoms with E-state index in [0.29, 0.717) is 0 Å². The van der Waals surface area contributed by atoms with Crippen LogP contribution in [0.3, 0.4) is 0 Å². The molecular weight excluding hydrogens is 510 g/mol. The van der Waals surface area contributed by atoms with E-state index in [4.69, 9.17) is 17.0 Å². The number of fused-ring (bicyclic) bond motifs is 2. The molecule has 4 aliphatic carbocycles. The number of benzene rings is 1. The minimum absolute atomic E-state index is 0. The van der Waals surface area contributed by atoms with Crippen molar-refractivity contribution in [2.75, 3.05) is 0 Å². The van der Waals surface area contributed by atoms with Crippen LogP contribution in [0.4, 0.5) is 0 Å². The third-order valence-electron chi connectivity index (χ3n) is 6.94. The summed E-state index contributed by atoms with van der Waals surface area (Å²) >= 11 is -0.826. The molecule has 5 rings (SSSR count). The van der Waals surface area contributed by atoms with Gasteiger partial charge in [-0.1, -0.05) is 85.0 Å². The van der Waals surface area contributed by atoms with Crippen molar-refractivity contribution in [2.24, 2.45) is 29.6 Å². The SMILES string of the molecule is C1=CC2CC(c3ccccc3)CC2C=C1.C=CCC1CCC2C=CC=CC21.[CH3-].[CH3-].[Cl][Zr+2][Cl]. The van der Waals surface area contributed by atoms with Gasteiger partial charge in [0.15, 0.2) is 0 Å². The normalized spacial score (nSPS) is 30.1. The van der Waals surface area contributed by atoms with Gasteiger partial charge in [0.25, 0.3) is 0 Å². The number of hydrogen-bond acceptors (Lipinski definition) is 0. The van der Waals surface area contributed by atoms with Crippen molar-refractivity contribution in [3.05, 3.63) is 112 Å². The van der Waals surface area contributed by atoms with Crippen LogP contribution in [0.2, 0.25) is 0 Å². The summed E-state index contributed by atoms with van der Waals surface area (Å²) in [5, 5.41) is 0. The second-order valence-corrected chi connectivity index (χ2v) is 12.4. The predicted molar refractivity (Wildman–Crippen MR) is 141 cm³/mol. The Hall–Kier alpha value is -0.617. The molecule has 0 spiro atoms. The topological polar surface area (TPSA) is 0 Å². The second kappa shape index (κ2) is 16.1. The number of allylic oxidation sites excluding steroid dienone is 9. The Morgan fingerprint density at radius 3 is 1.91 bits per heavy atom. The summed E-state index contributed by atoms with van der Waals surface area (Å²) in [6.07, 6.45) is 27.0. The van der Waals surface area contributed by atoms with Crippen LogP contribution in [-0.4, -0.2) is 0 Å². The van der Waals surface area contributed by atoms with Crippen molar-refractivity contribution in [1.82, 2.24) is 0 Å². The molecule has 1 aromatic carbocycles. The molecule has 0 bridgehead atoms. The Morgan fingerprint density at radius 1 is 0.812 bits per heavy atom. The molecule has 0 nitrogen and oxygen atoms in total. The molecule has 0 heterocycles. The Balaban J connectivity index is 0.000000275. The molecule has 4 aliphatic rings. The zero-order chi connectivity index (χ0) is 21.2. The van der Waals surface area contributed by atoms with Gasteiger partial charge in [-0.2, -0.15) is 0 Å². The maximum absolute atomic E-state index is 4.93. The van der Waals surface area contributed by atoms with E-state index in [1.807, 2.05) is 0 Å². The van der Waals surface area contributed by atoms with E-state index in [0.717, 1.165) is 35.5 Å². The van der Waals surface area contributed by atoms with E-state index in [9.17, 15) is 0 Å². The van der Waals surface area contributed by atoms with Crippen LogP contribution in [0.25, 0.3) is 0 Å². The molecule has 172 valence electrons. The molecule has 0 aliphatic heterocycles. The van der Waals surface area contributed by atoms with Crippen molar-refractivity contribution in [2.45, 2.75) is 38.0 Å². The second-order valence-electron chi connectivity index (χ2n) is 8.62. The van der Waals surface area contributed by atoms with Gasteiger partial charge in [-0.25, -0.2) is 0 Å². The molecule has 0 N–H and O–H groups in total. The summed E-state index contributed by atoms with van der Waals surface area (Å²) < 4.78 is 0. The Labute approximate surface area is 216 Å². The van der Waals surface area contributed by atoms with E-state index in [2.05, 4.69) is 91.6 Å². The summed E-state index contributed by atoms with van der Waals surface area (Å²) in [4.78, 5) is 0. The summed E-state index contributed by atoms with van der Waals surface area (Å²) in [7, 11) is 9.87. The van der Waals surface area contributed by atoms with Crippen LogP contribution in [0.15, 0.2) is 91.6 Å². The first-order chi connectivity index (χ1) is 14.8. The van der Waals surface area contributed by atoms with Gasteiger partial charge in [0, 0.05) is 0 Å². The standard InChI is InChI=1S/C15H16.C12H16.2CH3.2ClH.Zr/c1-2-6-12(7-3-1)15-10-13-8-4-5-9-14(13)11-15;1-2-5-10-8-9-11-6-3-4-7-12(10)11;;;;;/h1-9,13-15H,10-11H2;2-4,6-7,10-12H,1,5,8-9H2;2*1H3;2*1H;/q;;2*-1;;;+4/p-2. The molecule has 0 radical (unpaired) electrons. The number of rotatable bonds is 3. The zero-order valence-corrected chi connectivity index (χ0v) is 23.5. The van der Waals surface area contributed by atoms with Crippen molar-refractivity contribution in [3.63, 3.8) is 0 Å². The minimum atomic E-state index is -0.826. The maximum atomic E-state index is 4.93. The fourth-order valence-corrected chi connectivity index (χ4v) is 5.51. The van der Waals surface area contributed by atoms with Crippen LogP contribution in [0.5, 0.6) is 0 Å². The van der Waals surface area contributed by atoms with E-state index in [-0.39, 0.29) is 14.9 Å². The molecule has 0 amide bonds. The van der Waals surface area contributed by atoms with Crippen LogP contribution in [0.1, 0.15) is 43.6 Å². The van der Waals surface area contributed by atoms with E-state index >= 15 is 0 Å². The number of hydrogen-bond donors (Lipinski definition) is 0. The van der Waals surface area contributed by atoms with Crippen molar-refractivity contribution < 1.29 is 20.8 Å². The average Bonchev–Trinajstić information content (AvgIpc) is 3.40. The molecule has 1 aromatic rings. The first-order valence-electron chi connectivity index (χ1n) is 11.1. The van der Waals surface area contributed by atoms with E-state index < -0.39 is 20.8 Å². The van der Waals surface area contributed by atoms with Crippen molar-refractivity contribution in [3.8, 4) is 0 Å². The predicted octanol–water partition coefficient (Wildman–Crippen LogP) is 9.53. The Morgan fingerprint density at radius 2 is 1.34 bits per heavy atom. The van der Waals surface area contributed by atoms with Gasteiger partial charge in [0.2, 0.25) is 0 Å². The van der Waals surface area contributed by atoms with E-state index in [1.54, 1.807) is 0 Å². The van der Waals surface area contributed by atoms with Crippen LogP contribution in [0, 0.1) is 44.4 Å². The van der Waals surface area contributed by atoms with Gasteiger partial charge in [-0.05, 0) is 73.2 Å². The van der Waals surface area contributed by atoms with E-state index in [1.165, 1.54) is 37.7 Å². The van der Waals surface area contributed by atoms with Gasteiger partial charge in [-0.15, -0.1) is 6.58 Å². The molecular formula is C29H38Cl2Zr. The third-order valence-corrected chi connectivity index (χ3v) is 6.94. The summed E-state index contributed by atoms with van der Waals surface area (Å²) in [5.74, 6) is 4.87. The Bertz CT molecular complexity index is 745. The molecule has 2 saturated carbocycles. The molecule has 32 heavy (non-hydrogen) atoms. The third kappa shape index (κ3) is 8.31.